The van der Waals surface area contributed by atoms with Gasteiger partial charge in [0.2, 0.25) is 0 Å². The van der Waals surface area contributed by atoms with E-state index in [4.69, 9.17) is 4.74 Å². The molecule has 1 amide bonds. The number of ether oxygens (including phenoxy) is 1. The lowest BCUT2D eigenvalue weighted by Crippen LogP contribution is -2.32. The third kappa shape index (κ3) is 2.73. The molecule has 1 aromatic rings. The SMILES string of the molecule is Cn1cc(I)c(C(=O)NC[C@@H]2CCCO2)n1. The Morgan fingerprint density at radius 2 is 2.62 bits per heavy atom. The molecule has 6 heteroatoms. The number of nitrogens with zero attached hydrogens (tertiary/aromatic N) is 2. The first-order valence-corrected chi connectivity index (χ1v) is 6.33. The van der Waals surface area contributed by atoms with E-state index in [1.807, 2.05) is 6.20 Å². The van der Waals surface area contributed by atoms with Gasteiger partial charge < -0.3 is 10.1 Å². The summed E-state index contributed by atoms with van der Waals surface area (Å²) in [6, 6.07) is 0. The third-order valence-electron chi connectivity index (χ3n) is 2.51. The highest BCUT2D eigenvalue weighted by atomic mass is 127. The molecule has 2 heterocycles. The van der Waals surface area contributed by atoms with E-state index in [0.29, 0.717) is 12.2 Å². The summed E-state index contributed by atoms with van der Waals surface area (Å²) in [5.41, 5.74) is 0.487. The van der Waals surface area contributed by atoms with Crippen LogP contribution in [0.25, 0.3) is 0 Å². The average molecular weight is 335 g/mol. The monoisotopic (exact) mass is 335 g/mol. The number of aromatic nitrogens is 2. The highest BCUT2D eigenvalue weighted by Gasteiger charge is 2.19. The Morgan fingerprint density at radius 1 is 1.81 bits per heavy atom. The molecule has 1 aromatic heterocycles. The molecule has 0 unspecified atom stereocenters. The summed E-state index contributed by atoms with van der Waals surface area (Å²) in [7, 11) is 1.80. The zero-order valence-electron chi connectivity index (χ0n) is 9.07. The topological polar surface area (TPSA) is 56.2 Å². The predicted octanol–water partition coefficient (Wildman–Crippen LogP) is 0.933. The standard InChI is InChI=1S/C10H14IN3O2/c1-14-6-8(11)9(13-14)10(15)12-5-7-3-2-4-16-7/h6-7H,2-5H2,1H3,(H,12,15)/t7-/m0/s1. The summed E-state index contributed by atoms with van der Waals surface area (Å²) >= 11 is 2.11. The van der Waals surface area contributed by atoms with E-state index in [9.17, 15) is 4.79 Å². The highest BCUT2D eigenvalue weighted by Crippen LogP contribution is 2.12. The maximum atomic E-state index is 11.8. The van der Waals surface area contributed by atoms with Crippen LogP contribution in [-0.2, 0) is 11.8 Å². The first kappa shape index (κ1) is 11.8. The Labute approximate surface area is 108 Å². The summed E-state index contributed by atoms with van der Waals surface area (Å²) < 4.78 is 7.94. The van der Waals surface area contributed by atoms with E-state index in [1.165, 1.54) is 0 Å². The minimum atomic E-state index is -0.125. The molecule has 1 aliphatic rings. The van der Waals surface area contributed by atoms with Gasteiger partial charge in [-0.3, -0.25) is 9.48 Å². The van der Waals surface area contributed by atoms with Crippen LogP contribution in [0.5, 0.6) is 0 Å². The summed E-state index contributed by atoms with van der Waals surface area (Å²) in [6.45, 7) is 1.38. The van der Waals surface area contributed by atoms with Crippen molar-refractivity contribution in [1.29, 1.82) is 0 Å². The zero-order chi connectivity index (χ0) is 11.5. The zero-order valence-corrected chi connectivity index (χ0v) is 11.2. The molecule has 16 heavy (non-hydrogen) atoms. The van der Waals surface area contributed by atoms with Crippen LogP contribution in [-0.4, -0.2) is 34.9 Å². The van der Waals surface area contributed by atoms with Gasteiger partial charge in [-0.1, -0.05) is 0 Å². The summed E-state index contributed by atoms with van der Waals surface area (Å²) in [4.78, 5) is 11.8. The van der Waals surface area contributed by atoms with Gasteiger partial charge in [0.15, 0.2) is 5.69 Å². The third-order valence-corrected chi connectivity index (χ3v) is 3.30. The van der Waals surface area contributed by atoms with Gasteiger partial charge in [0.1, 0.15) is 0 Å². The number of aryl methyl sites for hydroxylation is 1. The van der Waals surface area contributed by atoms with Crippen molar-refractivity contribution in [3.63, 3.8) is 0 Å². The van der Waals surface area contributed by atoms with E-state index in [1.54, 1.807) is 11.7 Å². The molecular formula is C10H14IN3O2. The fraction of sp³-hybridized carbons (Fsp3) is 0.600. The van der Waals surface area contributed by atoms with Gasteiger partial charge in [0.05, 0.1) is 9.67 Å². The molecule has 5 nitrogen and oxygen atoms in total. The van der Waals surface area contributed by atoms with Crippen molar-refractivity contribution in [3.8, 4) is 0 Å². The van der Waals surface area contributed by atoms with E-state index in [2.05, 4.69) is 33.0 Å². The molecule has 1 N–H and O–H groups in total. The second kappa shape index (κ2) is 5.13. The number of halogens is 1. The molecule has 1 saturated heterocycles. The van der Waals surface area contributed by atoms with Crippen molar-refractivity contribution < 1.29 is 9.53 Å². The fourth-order valence-electron chi connectivity index (χ4n) is 1.71. The van der Waals surface area contributed by atoms with E-state index in [-0.39, 0.29) is 12.0 Å². The fourth-order valence-corrected chi connectivity index (χ4v) is 2.46. The summed E-state index contributed by atoms with van der Waals surface area (Å²) in [5.74, 6) is -0.125. The Hall–Kier alpha value is -0.630. The number of rotatable bonds is 3. The van der Waals surface area contributed by atoms with Crippen LogP contribution in [0.2, 0.25) is 0 Å². The van der Waals surface area contributed by atoms with Gasteiger partial charge >= 0.3 is 0 Å². The van der Waals surface area contributed by atoms with Crippen molar-refractivity contribution in [2.45, 2.75) is 18.9 Å². The average Bonchev–Trinajstić information content (AvgIpc) is 2.84. The van der Waals surface area contributed by atoms with Gasteiger partial charge in [-0.05, 0) is 35.4 Å². The molecule has 1 fully saturated rings. The van der Waals surface area contributed by atoms with E-state index in [0.717, 1.165) is 23.0 Å². The van der Waals surface area contributed by atoms with Crippen molar-refractivity contribution in [2.75, 3.05) is 13.2 Å². The molecule has 0 saturated carbocycles. The van der Waals surface area contributed by atoms with Crippen molar-refractivity contribution >= 4 is 28.5 Å². The van der Waals surface area contributed by atoms with Crippen molar-refractivity contribution in [1.82, 2.24) is 15.1 Å². The van der Waals surface area contributed by atoms with Crippen LogP contribution in [0.4, 0.5) is 0 Å². The second-order valence-corrected chi connectivity index (χ2v) is 5.01. The number of carbonyl (C=O) groups excluding carboxylic acids is 1. The minimum Gasteiger partial charge on any atom is -0.376 e. The van der Waals surface area contributed by atoms with Crippen LogP contribution in [0, 0.1) is 3.57 Å². The lowest BCUT2D eigenvalue weighted by molar-refractivity contribution is 0.0852. The second-order valence-electron chi connectivity index (χ2n) is 3.84. The maximum Gasteiger partial charge on any atom is 0.272 e. The first-order chi connectivity index (χ1) is 7.66. The van der Waals surface area contributed by atoms with Gasteiger partial charge in [-0.25, -0.2) is 0 Å². The largest absolute Gasteiger partial charge is 0.376 e. The van der Waals surface area contributed by atoms with Crippen LogP contribution in [0.3, 0.4) is 0 Å². The normalized spacial score (nSPS) is 20.0. The van der Waals surface area contributed by atoms with Crippen molar-refractivity contribution in [3.05, 3.63) is 15.5 Å². The highest BCUT2D eigenvalue weighted by molar-refractivity contribution is 14.1. The lowest BCUT2D eigenvalue weighted by Gasteiger charge is -2.09. The van der Waals surface area contributed by atoms with E-state index >= 15 is 0 Å². The lowest BCUT2D eigenvalue weighted by atomic mass is 10.2. The minimum absolute atomic E-state index is 0.125. The smallest absolute Gasteiger partial charge is 0.272 e. The predicted molar refractivity (Wildman–Crippen MR) is 67.2 cm³/mol. The number of hydrogen-bond donors (Lipinski definition) is 1. The van der Waals surface area contributed by atoms with Crippen molar-refractivity contribution in [2.24, 2.45) is 7.05 Å². The van der Waals surface area contributed by atoms with Gasteiger partial charge in [0.25, 0.3) is 5.91 Å². The van der Waals surface area contributed by atoms with Gasteiger partial charge in [-0.15, -0.1) is 0 Å². The molecule has 2 rings (SSSR count). The Morgan fingerprint density at radius 3 is 3.19 bits per heavy atom. The molecule has 0 aliphatic carbocycles. The molecule has 0 bridgehead atoms. The van der Waals surface area contributed by atoms with Crippen LogP contribution < -0.4 is 5.32 Å². The summed E-state index contributed by atoms with van der Waals surface area (Å²) in [6.07, 6.45) is 4.10. The maximum absolute atomic E-state index is 11.8. The molecule has 0 aromatic carbocycles. The number of carbonyl (C=O) groups is 1. The number of nitrogens with one attached hydrogen (secondary N) is 1. The number of amides is 1. The van der Waals surface area contributed by atoms with Gasteiger partial charge in [0, 0.05) is 26.4 Å². The van der Waals surface area contributed by atoms with E-state index < -0.39 is 0 Å². The molecule has 1 aliphatic heterocycles. The Balaban J connectivity index is 1.90. The van der Waals surface area contributed by atoms with Crippen LogP contribution in [0.15, 0.2) is 6.20 Å². The van der Waals surface area contributed by atoms with Crippen LogP contribution in [0.1, 0.15) is 23.3 Å². The first-order valence-electron chi connectivity index (χ1n) is 5.26. The molecule has 1 atom stereocenters. The molecule has 0 spiro atoms. The number of hydrogen-bond acceptors (Lipinski definition) is 3. The summed E-state index contributed by atoms with van der Waals surface area (Å²) in [5, 5.41) is 6.96. The molecule has 0 radical (unpaired) electrons. The quantitative estimate of drug-likeness (QED) is 0.837. The Kier molecular flexibility index (Phi) is 3.80. The van der Waals surface area contributed by atoms with Gasteiger partial charge in [-0.2, -0.15) is 5.10 Å². The molecule has 88 valence electrons. The molecular weight excluding hydrogens is 321 g/mol. The Bertz CT molecular complexity index is 385. The van der Waals surface area contributed by atoms with Crippen LogP contribution >= 0.6 is 22.6 Å².